The van der Waals surface area contributed by atoms with Gasteiger partial charge in [-0.2, -0.15) is 0 Å². The van der Waals surface area contributed by atoms with Gasteiger partial charge in [0.05, 0.1) is 10.0 Å². The molecular weight excluding hydrogens is 343 g/mol. The molecule has 2 unspecified atom stereocenters. The van der Waals surface area contributed by atoms with E-state index in [-0.39, 0.29) is 5.91 Å². The molecule has 0 spiro atoms. The van der Waals surface area contributed by atoms with Gasteiger partial charge in [-0.15, -0.1) is 0 Å². The van der Waals surface area contributed by atoms with Gasteiger partial charge in [-0.25, -0.2) is 0 Å². The largest absolute Gasteiger partial charge is 0.326 e. The maximum Gasteiger partial charge on any atom is 0.221 e. The molecule has 1 heterocycles. The van der Waals surface area contributed by atoms with Crippen molar-refractivity contribution in [2.75, 3.05) is 18.4 Å². The Morgan fingerprint density at radius 1 is 1.12 bits per heavy atom. The lowest BCUT2D eigenvalue weighted by Gasteiger charge is -2.39. The maximum absolute atomic E-state index is 11.5. The number of likely N-dealkylation sites (tertiary alicyclic amines) is 1. The summed E-state index contributed by atoms with van der Waals surface area (Å²) in [6.45, 7) is 5.81. The molecule has 2 aliphatic rings. The number of anilines is 1. The Bertz CT molecular complexity index is 626. The summed E-state index contributed by atoms with van der Waals surface area (Å²) >= 11 is 13.2. The number of nitrogens with one attached hydrogen (secondary N) is 1. The molecule has 1 aromatic carbocycles. The Hall–Kier alpha value is -0.770. The molecule has 2 fully saturated rings. The van der Waals surface area contributed by atoms with Crippen LogP contribution in [0.3, 0.4) is 0 Å². The first-order valence-electron chi connectivity index (χ1n) is 8.99. The lowest BCUT2D eigenvalue weighted by atomic mass is 9.78. The lowest BCUT2D eigenvalue weighted by Crippen LogP contribution is -2.39. The van der Waals surface area contributed by atoms with Crippen LogP contribution in [0.5, 0.6) is 0 Å². The molecule has 2 atom stereocenters. The second-order valence-corrected chi connectivity index (χ2v) is 7.90. The average Bonchev–Trinajstić information content (AvgIpc) is 3.09. The molecule has 0 radical (unpaired) electrons. The minimum atomic E-state index is -0.0813. The zero-order valence-electron chi connectivity index (χ0n) is 14.5. The fraction of sp³-hybridized carbons (Fsp3) is 0.632. The van der Waals surface area contributed by atoms with Crippen molar-refractivity contribution in [1.29, 1.82) is 0 Å². The predicted molar refractivity (Wildman–Crippen MR) is 101 cm³/mol. The van der Waals surface area contributed by atoms with Crippen molar-refractivity contribution in [2.24, 2.45) is 0 Å². The molecule has 1 N–H and O–H groups in total. The van der Waals surface area contributed by atoms with Crippen LogP contribution in [-0.2, 0) is 4.79 Å². The average molecular weight is 369 g/mol. The molecule has 1 saturated heterocycles. The van der Waals surface area contributed by atoms with E-state index in [1.165, 1.54) is 52.1 Å². The molecular formula is C19H26Cl2N2O. The molecule has 0 aromatic heterocycles. The first kappa shape index (κ1) is 18.0. The van der Waals surface area contributed by atoms with Crippen molar-refractivity contribution < 1.29 is 4.79 Å². The molecule has 1 amide bonds. The van der Waals surface area contributed by atoms with Crippen LogP contribution in [0.2, 0.25) is 10.0 Å². The number of nitrogens with zero attached hydrogens (tertiary/aromatic N) is 1. The molecule has 0 bridgehead atoms. The molecule has 132 valence electrons. The summed E-state index contributed by atoms with van der Waals surface area (Å²) in [6, 6.07) is 2.60. The third-order valence-electron chi connectivity index (χ3n) is 5.53. The second-order valence-electron chi connectivity index (χ2n) is 7.15. The van der Waals surface area contributed by atoms with Crippen LogP contribution in [0, 0.1) is 6.92 Å². The standard InChI is InChI=1S/C19H26Cl2N2O/c1-12-16(22-13(2)24)11-15(19(21)18(12)20)14-7-3-4-8-17(14)23-9-5-6-10-23/h11,14,17H,3-10H2,1-2H3,(H,22,24). The molecule has 1 aliphatic carbocycles. The Balaban J connectivity index is 1.99. The van der Waals surface area contributed by atoms with Gasteiger partial charge < -0.3 is 5.32 Å². The van der Waals surface area contributed by atoms with Crippen LogP contribution < -0.4 is 5.32 Å². The number of amides is 1. The smallest absolute Gasteiger partial charge is 0.221 e. The molecule has 1 aliphatic heterocycles. The van der Waals surface area contributed by atoms with Crippen molar-refractivity contribution in [3.05, 3.63) is 27.2 Å². The van der Waals surface area contributed by atoms with Crippen LogP contribution in [0.25, 0.3) is 0 Å². The molecule has 5 heteroatoms. The van der Waals surface area contributed by atoms with Crippen LogP contribution in [0.15, 0.2) is 6.07 Å². The molecule has 24 heavy (non-hydrogen) atoms. The fourth-order valence-electron chi connectivity index (χ4n) is 4.31. The van der Waals surface area contributed by atoms with Crippen LogP contribution >= 0.6 is 23.2 Å². The van der Waals surface area contributed by atoms with Gasteiger partial charge in [-0.1, -0.05) is 36.0 Å². The van der Waals surface area contributed by atoms with Gasteiger partial charge in [0, 0.05) is 24.6 Å². The molecule has 1 saturated carbocycles. The van der Waals surface area contributed by atoms with E-state index in [9.17, 15) is 4.79 Å². The summed E-state index contributed by atoms with van der Waals surface area (Å²) in [6.07, 6.45) is 7.47. The quantitative estimate of drug-likeness (QED) is 0.776. The van der Waals surface area contributed by atoms with Gasteiger partial charge in [-0.05, 0) is 62.9 Å². The lowest BCUT2D eigenvalue weighted by molar-refractivity contribution is -0.114. The first-order valence-corrected chi connectivity index (χ1v) is 9.74. The molecule has 3 rings (SSSR count). The first-order chi connectivity index (χ1) is 11.5. The highest BCUT2D eigenvalue weighted by molar-refractivity contribution is 6.43. The van der Waals surface area contributed by atoms with E-state index >= 15 is 0 Å². The van der Waals surface area contributed by atoms with E-state index in [0.717, 1.165) is 23.2 Å². The van der Waals surface area contributed by atoms with E-state index in [4.69, 9.17) is 23.2 Å². The number of rotatable bonds is 3. The summed E-state index contributed by atoms with van der Waals surface area (Å²) in [5.41, 5.74) is 2.74. The topological polar surface area (TPSA) is 32.3 Å². The van der Waals surface area contributed by atoms with Crippen molar-refractivity contribution in [1.82, 2.24) is 4.90 Å². The van der Waals surface area contributed by atoms with Crippen LogP contribution in [0.4, 0.5) is 5.69 Å². The monoisotopic (exact) mass is 368 g/mol. The van der Waals surface area contributed by atoms with Crippen LogP contribution in [0.1, 0.15) is 62.5 Å². The Kier molecular flexibility index (Phi) is 5.74. The summed E-state index contributed by atoms with van der Waals surface area (Å²) in [5, 5.41) is 4.15. The third kappa shape index (κ3) is 3.58. The van der Waals surface area contributed by atoms with Gasteiger partial charge >= 0.3 is 0 Å². The highest BCUT2D eigenvalue weighted by Gasteiger charge is 2.34. The number of hydrogen-bond acceptors (Lipinski definition) is 2. The van der Waals surface area contributed by atoms with Gasteiger partial charge in [0.1, 0.15) is 0 Å². The zero-order chi connectivity index (χ0) is 17.3. The minimum Gasteiger partial charge on any atom is -0.326 e. The van der Waals surface area contributed by atoms with Crippen molar-refractivity contribution in [3.8, 4) is 0 Å². The van der Waals surface area contributed by atoms with Crippen molar-refractivity contribution in [2.45, 2.75) is 64.3 Å². The highest BCUT2D eigenvalue weighted by atomic mass is 35.5. The third-order valence-corrected chi connectivity index (χ3v) is 6.50. The van der Waals surface area contributed by atoms with E-state index in [0.29, 0.717) is 22.0 Å². The number of halogens is 2. The molecule has 1 aromatic rings. The second kappa shape index (κ2) is 7.63. The number of carbonyl (C=O) groups is 1. The summed E-state index contributed by atoms with van der Waals surface area (Å²) in [7, 11) is 0. The van der Waals surface area contributed by atoms with E-state index in [1.54, 1.807) is 0 Å². The Morgan fingerprint density at radius 2 is 1.79 bits per heavy atom. The zero-order valence-corrected chi connectivity index (χ0v) is 16.0. The maximum atomic E-state index is 11.5. The molecule has 3 nitrogen and oxygen atoms in total. The predicted octanol–water partition coefficient (Wildman–Crippen LogP) is 5.38. The van der Waals surface area contributed by atoms with Crippen LogP contribution in [-0.4, -0.2) is 29.9 Å². The van der Waals surface area contributed by atoms with Crippen molar-refractivity contribution in [3.63, 3.8) is 0 Å². The van der Waals surface area contributed by atoms with Gasteiger partial charge in [0.25, 0.3) is 0 Å². The Morgan fingerprint density at radius 3 is 2.46 bits per heavy atom. The summed E-state index contributed by atoms with van der Waals surface area (Å²) in [4.78, 5) is 14.2. The summed E-state index contributed by atoms with van der Waals surface area (Å²) < 4.78 is 0. The number of benzene rings is 1. The van der Waals surface area contributed by atoms with E-state index < -0.39 is 0 Å². The van der Waals surface area contributed by atoms with E-state index in [1.807, 2.05) is 6.92 Å². The summed E-state index contributed by atoms with van der Waals surface area (Å²) in [5.74, 6) is 0.317. The van der Waals surface area contributed by atoms with Gasteiger partial charge in [0.15, 0.2) is 0 Å². The SMILES string of the molecule is CC(=O)Nc1cc(C2CCCCC2N2CCCC2)c(Cl)c(Cl)c1C. The van der Waals surface area contributed by atoms with Crippen molar-refractivity contribution >= 4 is 34.8 Å². The number of hydrogen-bond donors (Lipinski definition) is 1. The Labute approximate surface area is 154 Å². The number of carbonyl (C=O) groups excluding carboxylic acids is 1. The van der Waals surface area contributed by atoms with Gasteiger partial charge in [-0.3, -0.25) is 9.69 Å². The normalized spacial score (nSPS) is 25.0. The van der Waals surface area contributed by atoms with Gasteiger partial charge in [0.2, 0.25) is 5.91 Å². The minimum absolute atomic E-state index is 0.0813. The fourth-order valence-corrected chi connectivity index (χ4v) is 4.86. The highest BCUT2D eigenvalue weighted by Crippen LogP contribution is 2.44. The van der Waals surface area contributed by atoms with E-state index in [2.05, 4.69) is 16.3 Å².